The van der Waals surface area contributed by atoms with Crippen molar-refractivity contribution in [1.82, 2.24) is 5.01 Å². The SMILES string of the molecule is COc1ccc(/C=N\N2CCN(c3ccccc3)CC2)c(OC)c1. The zero-order valence-electron chi connectivity index (χ0n) is 14.2. The maximum atomic E-state index is 5.40. The average Bonchev–Trinajstić information content (AvgIpc) is 2.67. The number of rotatable bonds is 5. The highest BCUT2D eigenvalue weighted by Gasteiger charge is 2.15. The van der Waals surface area contributed by atoms with Crippen molar-refractivity contribution >= 4 is 11.9 Å². The third kappa shape index (κ3) is 3.79. The van der Waals surface area contributed by atoms with Crippen molar-refractivity contribution in [1.29, 1.82) is 0 Å². The van der Waals surface area contributed by atoms with Gasteiger partial charge in [-0.05, 0) is 24.3 Å². The number of hydrogen-bond donors (Lipinski definition) is 0. The van der Waals surface area contributed by atoms with Gasteiger partial charge in [-0.25, -0.2) is 0 Å². The number of hydrazone groups is 1. The molecule has 0 radical (unpaired) electrons. The van der Waals surface area contributed by atoms with Crippen LogP contribution in [0.25, 0.3) is 0 Å². The molecule has 3 rings (SSSR count). The Kier molecular flexibility index (Phi) is 5.21. The molecule has 2 aromatic carbocycles. The zero-order chi connectivity index (χ0) is 16.8. The lowest BCUT2D eigenvalue weighted by Gasteiger charge is -2.34. The normalized spacial score (nSPS) is 14.9. The summed E-state index contributed by atoms with van der Waals surface area (Å²) in [5, 5.41) is 6.71. The van der Waals surface area contributed by atoms with Crippen molar-refractivity contribution in [3.63, 3.8) is 0 Å². The molecule has 24 heavy (non-hydrogen) atoms. The predicted molar refractivity (Wildman–Crippen MR) is 97.4 cm³/mol. The smallest absolute Gasteiger partial charge is 0.131 e. The van der Waals surface area contributed by atoms with Crippen LogP contribution in [0.5, 0.6) is 11.5 Å². The van der Waals surface area contributed by atoms with Crippen LogP contribution in [0.15, 0.2) is 53.6 Å². The summed E-state index contributed by atoms with van der Waals surface area (Å²) in [5.41, 5.74) is 2.22. The lowest BCUT2D eigenvalue weighted by atomic mass is 10.2. The zero-order valence-corrected chi connectivity index (χ0v) is 14.2. The van der Waals surface area contributed by atoms with Gasteiger partial charge in [-0.1, -0.05) is 18.2 Å². The molecule has 0 saturated carbocycles. The van der Waals surface area contributed by atoms with Gasteiger partial charge >= 0.3 is 0 Å². The molecule has 0 spiro atoms. The summed E-state index contributed by atoms with van der Waals surface area (Å²) < 4.78 is 10.6. The number of piperazine rings is 1. The fourth-order valence-corrected chi connectivity index (χ4v) is 2.78. The summed E-state index contributed by atoms with van der Waals surface area (Å²) in [4.78, 5) is 2.39. The Morgan fingerprint density at radius 3 is 2.33 bits per heavy atom. The van der Waals surface area contributed by atoms with Crippen LogP contribution in [0.2, 0.25) is 0 Å². The first-order valence-corrected chi connectivity index (χ1v) is 8.11. The fraction of sp³-hybridized carbons (Fsp3) is 0.316. The number of hydrogen-bond acceptors (Lipinski definition) is 5. The van der Waals surface area contributed by atoms with E-state index in [0.29, 0.717) is 0 Å². The van der Waals surface area contributed by atoms with Gasteiger partial charge in [0.25, 0.3) is 0 Å². The summed E-state index contributed by atoms with van der Waals surface area (Å²) >= 11 is 0. The Morgan fingerprint density at radius 2 is 1.67 bits per heavy atom. The minimum Gasteiger partial charge on any atom is -0.497 e. The number of ether oxygens (including phenoxy) is 2. The quantitative estimate of drug-likeness (QED) is 0.792. The molecule has 0 atom stereocenters. The second-order valence-corrected chi connectivity index (χ2v) is 5.63. The number of nitrogens with zero attached hydrogens (tertiary/aromatic N) is 3. The van der Waals surface area contributed by atoms with E-state index in [-0.39, 0.29) is 0 Å². The van der Waals surface area contributed by atoms with Gasteiger partial charge in [-0.2, -0.15) is 5.10 Å². The molecular weight excluding hydrogens is 302 g/mol. The first-order chi connectivity index (χ1) is 11.8. The number of para-hydroxylation sites is 1. The van der Waals surface area contributed by atoms with E-state index < -0.39 is 0 Å². The van der Waals surface area contributed by atoms with Crippen molar-refractivity contribution < 1.29 is 9.47 Å². The molecule has 0 amide bonds. The van der Waals surface area contributed by atoms with E-state index in [1.165, 1.54) is 5.69 Å². The second-order valence-electron chi connectivity index (χ2n) is 5.63. The Morgan fingerprint density at radius 1 is 0.917 bits per heavy atom. The van der Waals surface area contributed by atoms with Crippen LogP contribution in [0.3, 0.4) is 0 Å². The minimum absolute atomic E-state index is 0.765. The van der Waals surface area contributed by atoms with Crippen LogP contribution in [0, 0.1) is 0 Å². The Hall–Kier alpha value is -2.69. The topological polar surface area (TPSA) is 37.3 Å². The van der Waals surface area contributed by atoms with Gasteiger partial charge in [-0.3, -0.25) is 5.01 Å². The number of anilines is 1. The van der Waals surface area contributed by atoms with Gasteiger partial charge in [0.1, 0.15) is 11.5 Å². The van der Waals surface area contributed by atoms with Crippen LogP contribution in [0.4, 0.5) is 5.69 Å². The van der Waals surface area contributed by atoms with E-state index in [1.54, 1.807) is 14.2 Å². The monoisotopic (exact) mass is 325 g/mol. The highest BCUT2D eigenvalue weighted by Crippen LogP contribution is 2.23. The van der Waals surface area contributed by atoms with Crippen molar-refractivity contribution in [3.05, 3.63) is 54.1 Å². The van der Waals surface area contributed by atoms with Crippen molar-refractivity contribution in [2.24, 2.45) is 5.10 Å². The molecule has 126 valence electrons. The van der Waals surface area contributed by atoms with E-state index in [4.69, 9.17) is 9.47 Å². The molecule has 0 aliphatic carbocycles. The number of methoxy groups -OCH3 is 2. The third-order valence-corrected chi connectivity index (χ3v) is 4.18. The maximum Gasteiger partial charge on any atom is 0.131 e. The van der Waals surface area contributed by atoms with E-state index in [0.717, 1.165) is 43.2 Å². The second kappa shape index (κ2) is 7.73. The number of benzene rings is 2. The molecule has 5 nitrogen and oxygen atoms in total. The highest BCUT2D eigenvalue weighted by atomic mass is 16.5. The van der Waals surface area contributed by atoms with E-state index >= 15 is 0 Å². The molecule has 0 aromatic heterocycles. The molecule has 1 aliphatic heterocycles. The molecule has 5 heteroatoms. The van der Waals surface area contributed by atoms with Gasteiger partial charge in [0.15, 0.2) is 0 Å². The van der Waals surface area contributed by atoms with Crippen LogP contribution >= 0.6 is 0 Å². The molecular formula is C19H23N3O2. The standard InChI is InChI=1S/C19H23N3O2/c1-23-18-9-8-16(19(14-18)24-2)15-20-22-12-10-21(11-13-22)17-6-4-3-5-7-17/h3-9,14-15H,10-13H2,1-2H3/b20-15-. The maximum absolute atomic E-state index is 5.40. The predicted octanol–water partition coefficient (Wildman–Crippen LogP) is 2.86. The molecule has 1 saturated heterocycles. The lowest BCUT2D eigenvalue weighted by molar-refractivity contribution is 0.272. The summed E-state index contributed by atoms with van der Waals surface area (Å²) in [6.45, 7) is 3.76. The largest absolute Gasteiger partial charge is 0.497 e. The highest BCUT2D eigenvalue weighted by molar-refractivity contribution is 5.83. The Bertz CT molecular complexity index is 680. The molecule has 2 aromatic rings. The summed E-state index contributed by atoms with van der Waals surface area (Å²) in [5.74, 6) is 1.54. The third-order valence-electron chi connectivity index (χ3n) is 4.18. The van der Waals surface area contributed by atoms with Crippen LogP contribution < -0.4 is 14.4 Å². The van der Waals surface area contributed by atoms with Gasteiger partial charge in [0.2, 0.25) is 0 Å². The van der Waals surface area contributed by atoms with Gasteiger partial charge in [0, 0.05) is 30.4 Å². The summed E-state index contributed by atoms with van der Waals surface area (Å²) in [6, 6.07) is 16.3. The first kappa shape index (κ1) is 16.2. The first-order valence-electron chi connectivity index (χ1n) is 8.11. The van der Waals surface area contributed by atoms with Crippen LogP contribution in [-0.4, -0.2) is 51.6 Å². The van der Waals surface area contributed by atoms with Crippen molar-refractivity contribution in [2.75, 3.05) is 45.3 Å². The summed E-state index contributed by atoms with van der Waals surface area (Å²) in [7, 11) is 3.31. The molecule has 1 fully saturated rings. The average molecular weight is 325 g/mol. The van der Waals surface area contributed by atoms with E-state index in [1.807, 2.05) is 30.5 Å². The molecule has 1 aliphatic rings. The van der Waals surface area contributed by atoms with Gasteiger partial charge < -0.3 is 14.4 Å². The van der Waals surface area contributed by atoms with E-state index in [9.17, 15) is 0 Å². The molecule has 1 heterocycles. The molecule has 0 N–H and O–H groups in total. The van der Waals surface area contributed by atoms with Crippen LogP contribution in [0.1, 0.15) is 5.56 Å². The Labute approximate surface area is 143 Å². The van der Waals surface area contributed by atoms with E-state index in [2.05, 4.69) is 39.3 Å². The lowest BCUT2D eigenvalue weighted by Crippen LogP contribution is -2.44. The van der Waals surface area contributed by atoms with Crippen LogP contribution in [-0.2, 0) is 0 Å². The molecule has 0 unspecified atom stereocenters. The molecule has 0 bridgehead atoms. The van der Waals surface area contributed by atoms with Crippen molar-refractivity contribution in [3.8, 4) is 11.5 Å². The van der Waals surface area contributed by atoms with Crippen molar-refractivity contribution in [2.45, 2.75) is 0 Å². The summed E-state index contributed by atoms with van der Waals surface area (Å²) in [6.07, 6.45) is 1.86. The fourth-order valence-electron chi connectivity index (χ4n) is 2.78. The Balaban J connectivity index is 1.61. The minimum atomic E-state index is 0.765. The van der Waals surface area contributed by atoms with Gasteiger partial charge in [0.05, 0.1) is 33.5 Å². The van der Waals surface area contributed by atoms with Gasteiger partial charge in [-0.15, -0.1) is 0 Å².